The summed E-state index contributed by atoms with van der Waals surface area (Å²) in [6, 6.07) is 7.82. The van der Waals surface area contributed by atoms with E-state index in [1.807, 2.05) is 24.3 Å². The van der Waals surface area contributed by atoms with Crippen LogP contribution in [0.5, 0.6) is 0 Å². The summed E-state index contributed by atoms with van der Waals surface area (Å²) in [7, 11) is 0. The highest BCUT2D eigenvalue weighted by Gasteiger charge is 2.21. The molecule has 1 aliphatic carbocycles. The van der Waals surface area contributed by atoms with Gasteiger partial charge >= 0.3 is 0 Å². The predicted octanol–water partition coefficient (Wildman–Crippen LogP) is 3.04. The number of benzene rings is 1. The van der Waals surface area contributed by atoms with Crippen LogP contribution in [0.1, 0.15) is 31.0 Å². The SMILES string of the molecule is CCC1CCc2[nH]c3ccccc3c(=O)c2C1. The molecule has 0 saturated heterocycles. The molecule has 2 nitrogen and oxygen atoms in total. The second-order valence-corrected chi connectivity index (χ2v) is 4.97. The van der Waals surface area contributed by atoms with E-state index in [-0.39, 0.29) is 5.43 Å². The van der Waals surface area contributed by atoms with E-state index in [1.165, 1.54) is 18.5 Å². The van der Waals surface area contributed by atoms with Crippen molar-refractivity contribution >= 4 is 10.9 Å². The average molecular weight is 227 g/mol. The van der Waals surface area contributed by atoms with Crippen LogP contribution in [0.2, 0.25) is 0 Å². The maximum Gasteiger partial charge on any atom is 0.192 e. The van der Waals surface area contributed by atoms with Gasteiger partial charge in [-0.05, 0) is 37.3 Å². The van der Waals surface area contributed by atoms with Gasteiger partial charge < -0.3 is 4.98 Å². The molecule has 0 saturated carbocycles. The Morgan fingerprint density at radius 1 is 1.35 bits per heavy atom. The lowest BCUT2D eigenvalue weighted by molar-refractivity contribution is 0.439. The molecule has 0 spiro atoms. The number of hydrogen-bond donors (Lipinski definition) is 1. The zero-order valence-electron chi connectivity index (χ0n) is 10.1. The molecule has 1 aromatic heterocycles. The minimum absolute atomic E-state index is 0.243. The van der Waals surface area contributed by atoms with Gasteiger partial charge in [0.1, 0.15) is 0 Å². The summed E-state index contributed by atoms with van der Waals surface area (Å²) in [5, 5.41) is 0.836. The Morgan fingerprint density at radius 3 is 3.00 bits per heavy atom. The fraction of sp³-hybridized carbons (Fsp3) is 0.400. The first-order valence-corrected chi connectivity index (χ1v) is 6.42. The van der Waals surface area contributed by atoms with E-state index in [0.29, 0.717) is 5.92 Å². The smallest absolute Gasteiger partial charge is 0.192 e. The molecule has 1 unspecified atom stereocenters. The van der Waals surface area contributed by atoms with Crippen LogP contribution in [0.3, 0.4) is 0 Å². The molecule has 0 bridgehead atoms. The van der Waals surface area contributed by atoms with E-state index < -0.39 is 0 Å². The number of H-pyrrole nitrogens is 1. The van der Waals surface area contributed by atoms with Gasteiger partial charge in [0.05, 0.1) is 0 Å². The highest BCUT2D eigenvalue weighted by molar-refractivity contribution is 5.79. The van der Waals surface area contributed by atoms with Crippen LogP contribution in [0.15, 0.2) is 29.1 Å². The third-order valence-electron chi connectivity index (χ3n) is 3.97. The molecule has 1 aromatic carbocycles. The Balaban J connectivity index is 2.23. The van der Waals surface area contributed by atoms with Crippen LogP contribution < -0.4 is 5.43 Å². The van der Waals surface area contributed by atoms with Gasteiger partial charge in [-0.25, -0.2) is 0 Å². The molecule has 1 heterocycles. The van der Waals surface area contributed by atoms with Gasteiger partial charge in [0, 0.05) is 22.2 Å². The minimum atomic E-state index is 0.243. The van der Waals surface area contributed by atoms with Crippen molar-refractivity contribution in [2.24, 2.45) is 5.92 Å². The molecular formula is C15H17NO. The van der Waals surface area contributed by atoms with Crippen molar-refractivity contribution in [2.75, 3.05) is 0 Å². The number of nitrogens with one attached hydrogen (secondary N) is 1. The van der Waals surface area contributed by atoms with Crippen LogP contribution in [0, 0.1) is 5.92 Å². The topological polar surface area (TPSA) is 32.9 Å². The summed E-state index contributed by atoms with van der Waals surface area (Å²) in [6.45, 7) is 2.21. The van der Waals surface area contributed by atoms with Gasteiger partial charge in [-0.1, -0.05) is 25.5 Å². The monoisotopic (exact) mass is 227 g/mol. The summed E-state index contributed by atoms with van der Waals surface area (Å²) < 4.78 is 0. The number of aromatic amines is 1. The first kappa shape index (κ1) is 10.6. The molecule has 88 valence electrons. The van der Waals surface area contributed by atoms with Crippen molar-refractivity contribution in [1.82, 2.24) is 4.98 Å². The number of para-hydroxylation sites is 1. The number of rotatable bonds is 1. The third-order valence-corrected chi connectivity index (χ3v) is 3.97. The predicted molar refractivity (Wildman–Crippen MR) is 70.4 cm³/mol. The van der Waals surface area contributed by atoms with Crippen LogP contribution in [0.4, 0.5) is 0 Å². The molecule has 0 fully saturated rings. The maximum atomic E-state index is 12.4. The van der Waals surface area contributed by atoms with E-state index in [2.05, 4.69) is 11.9 Å². The van der Waals surface area contributed by atoms with E-state index in [1.54, 1.807) is 0 Å². The second-order valence-electron chi connectivity index (χ2n) is 4.97. The molecule has 0 radical (unpaired) electrons. The Morgan fingerprint density at radius 2 is 2.18 bits per heavy atom. The molecular weight excluding hydrogens is 210 g/mol. The summed E-state index contributed by atoms with van der Waals surface area (Å²) >= 11 is 0. The van der Waals surface area contributed by atoms with Gasteiger partial charge in [0.2, 0.25) is 0 Å². The summed E-state index contributed by atoms with van der Waals surface area (Å²) in [6.07, 6.45) is 4.35. The van der Waals surface area contributed by atoms with E-state index in [0.717, 1.165) is 29.3 Å². The lowest BCUT2D eigenvalue weighted by Gasteiger charge is -2.23. The van der Waals surface area contributed by atoms with Gasteiger partial charge in [-0.15, -0.1) is 0 Å². The molecule has 3 rings (SSSR count). The minimum Gasteiger partial charge on any atom is -0.358 e. The van der Waals surface area contributed by atoms with E-state index in [9.17, 15) is 4.79 Å². The van der Waals surface area contributed by atoms with Crippen LogP contribution in [0.25, 0.3) is 10.9 Å². The lowest BCUT2D eigenvalue weighted by Crippen LogP contribution is -2.23. The largest absolute Gasteiger partial charge is 0.358 e. The highest BCUT2D eigenvalue weighted by Crippen LogP contribution is 2.25. The average Bonchev–Trinajstić information content (AvgIpc) is 2.39. The molecule has 2 heteroatoms. The fourth-order valence-corrected chi connectivity index (χ4v) is 2.84. The zero-order valence-corrected chi connectivity index (χ0v) is 10.1. The molecule has 0 amide bonds. The number of aryl methyl sites for hydroxylation is 1. The van der Waals surface area contributed by atoms with Gasteiger partial charge in [0.15, 0.2) is 5.43 Å². The van der Waals surface area contributed by atoms with Crippen molar-refractivity contribution in [2.45, 2.75) is 32.6 Å². The Labute approximate surface area is 101 Å². The molecule has 1 aliphatic rings. The van der Waals surface area contributed by atoms with Gasteiger partial charge in [-0.2, -0.15) is 0 Å². The van der Waals surface area contributed by atoms with Gasteiger partial charge in [-0.3, -0.25) is 4.79 Å². The Bertz CT molecular complexity index is 612. The normalized spacial score (nSPS) is 19.2. The highest BCUT2D eigenvalue weighted by atomic mass is 16.1. The van der Waals surface area contributed by atoms with Crippen molar-refractivity contribution in [3.63, 3.8) is 0 Å². The van der Waals surface area contributed by atoms with E-state index in [4.69, 9.17) is 0 Å². The first-order valence-electron chi connectivity index (χ1n) is 6.42. The fourth-order valence-electron chi connectivity index (χ4n) is 2.84. The van der Waals surface area contributed by atoms with Crippen molar-refractivity contribution in [3.05, 3.63) is 45.7 Å². The van der Waals surface area contributed by atoms with Crippen molar-refractivity contribution in [1.29, 1.82) is 0 Å². The number of fused-ring (bicyclic) bond motifs is 2. The van der Waals surface area contributed by atoms with Crippen LogP contribution >= 0.6 is 0 Å². The van der Waals surface area contributed by atoms with E-state index >= 15 is 0 Å². The summed E-state index contributed by atoms with van der Waals surface area (Å²) in [4.78, 5) is 15.8. The first-order chi connectivity index (χ1) is 8.29. The van der Waals surface area contributed by atoms with Crippen LogP contribution in [-0.4, -0.2) is 4.98 Å². The molecule has 1 atom stereocenters. The summed E-state index contributed by atoms with van der Waals surface area (Å²) in [5.74, 6) is 0.685. The Kier molecular flexibility index (Phi) is 2.50. The van der Waals surface area contributed by atoms with Crippen LogP contribution in [-0.2, 0) is 12.8 Å². The van der Waals surface area contributed by atoms with Gasteiger partial charge in [0.25, 0.3) is 0 Å². The Hall–Kier alpha value is -1.57. The molecule has 0 aliphatic heterocycles. The lowest BCUT2D eigenvalue weighted by atomic mass is 9.84. The third kappa shape index (κ3) is 1.68. The number of aromatic nitrogens is 1. The zero-order chi connectivity index (χ0) is 11.8. The second kappa shape index (κ2) is 4.02. The number of hydrogen-bond acceptors (Lipinski definition) is 1. The quantitative estimate of drug-likeness (QED) is 0.798. The molecule has 1 N–H and O–H groups in total. The maximum absolute atomic E-state index is 12.4. The molecule has 17 heavy (non-hydrogen) atoms. The standard InChI is InChI=1S/C15H17NO/c1-2-10-7-8-14-12(9-10)15(17)11-5-3-4-6-13(11)16-14/h3-6,10H,2,7-9H2,1H3,(H,16,17). The van der Waals surface area contributed by atoms with Crippen molar-refractivity contribution < 1.29 is 0 Å². The number of pyridine rings is 1. The summed E-state index contributed by atoms with van der Waals surface area (Å²) in [5.41, 5.74) is 3.42. The van der Waals surface area contributed by atoms with Crippen molar-refractivity contribution in [3.8, 4) is 0 Å². The molecule has 2 aromatic rings.